The summed E-state index contributed by atoms with van der Waals surface area (Å²) in [6.07, 6.45) is 1.75. The zero-order valence-electron chi connectivity index (χ0n) is 8.45. The lowest BCUT2D eigenvalue weighted by Gasteiger charge is -2.25. The molecule has 2 nitrogen and oxygen atoms in total. The second-order valence-electron chi connectivity index (χ2n) is 3.88. The molecule has 0 aromatic heterocycles. The van der Waals surface area contributed by atoms with Crippen LogP contribution in [0.15, 0.2) is 30.3 Å². The number of rotatable bonds is 2. The first-order valence-electron chi connectivity index (χ1n) is 5.24. The van der Waals surface area contributed by atoms with Crippen LogP contribution in [-0.2, 0) is 0 Å². The van der Waals surface area contributed by atoms with E-state index >= 15 is 0 Å². The van der Waals surface area contributed by atoms with Crippen molar-refractivity contribution in [2.24, 2.45) is 5.92 Å². The monoisotopic (exact) mass is 223 g/mol. The van der Waals surface area contributed by atoms with Crippen molar-refractivity contribution < 1.29 is 4.79 Å². The molecule has 1 saturated heterocycles. The molecule has 0 aliphatic carbocycles. The lowest BCUT2D eigenvalue weighted by Crippen LogP contribution is -2.38. The van der Waals surface area contributed by atoms with E-state index in [0.717, 1.165) is 18.4 Å². The lowest BCUT2D eigenvalue weighted by atomic mass is 9.91. The van der Waals surface area contributed by atoms with E-state index in [4.69, 9.17) is 11.6 Å². The zero-order valence-corrected chi connectivity index (χ0v) is 9.20. The van der Waals surface area contributed by atoms with Crippen molar-refractivity contribution in [1.82, 2.24) is 5.32 Å². The summed E-state index contributed by atoms with van der Waals surface area (Å²) in [6, 6.07) is 9.45. The number of carbonyl (C=O) groups is 1. The molecule has 0 saturated carbocycles. The number of benzene rings is 1. The summed E-state index contributed by atoms with van der Waals surface area (Å²) in [7, 11) is 0. The van der Waals surface area contributed by atoms with Gasteiger partial charge in [0.15, 0.2) is 5.78 Å². The molecule has 2 unspecified atom stereocenters. The van der Waals surface area contributed by atoms with Gasteiger partial charge in [-0.3, -0.25) is 4.79 Å². The van der Waals surface area contributed by atoms with Crippen molar-refractivity contribution in [3.63, 3.8) is 0 Å². The molecule has 2 rings (SSSR count). The topological polar surface area (TPSA) is 29.1 Å². The molecule has 1 N–H and O–H groups in total. The van der Waals surface area contributed by atoms with Gasteiger partial charge in [0.05, 0.1) is 5.50 Å². The van der Waals surface area contributed by atoms with E-state index in [1.165, 1.54) is 0 Å². The number of halogens is 1. The molecule has 0 amide bonds. The van der Waals surface area contributed by atoms with Crippen LogP contribution in [0.5, 0.6) is 0 Å². The van der Waals surface area contributed by atoms with E-state index in [1.54, 1.807) is 0 Å². The van der Waals surface area contributed by atoms with Gasteiger partial charge in [0, 0.05) is 18.0 Å². The molecule has 0 radical (unpaired) electrons. The third-order valence-corrected chi connectivity index (χ3v) is 3.16. The minimum Gasteiger partial charge on any atom is -0.301 e. The average Bonchev–Trinajstić information content (AvgIpc) is 2.30. The van der Waals surface area contributed by atoms with Crippen LogP contribution in [0.4, 0.5) is 0 Å². The third kappa shape index (κ3) is 2.58. The average molecular weight is 224 g/mol. The van der Waals surface area contributed by atoms with E-state index in [9.17, 15) is 4.79 Å². The summed E-state index contributed by atoms with van der Waals surface area (Å²) < 4.78 is 0. The van der Waals surface area contributed by atoms with Crippen LogP contribution in [0.25, 0.3) is 0 Å². The predicted molar refractivity (Wildman–Crippen MR) is 61.1 cm³/mol. The largest absolute Gasteiger partial charge is 0.301 e. The Labute approximate surface area is 94.6 Å². The smallest absolute Gasteiger partial charge is 0.167 e. The van der Waals surface area contributed by atoms with Gasteiger partial charge in [-0.15, -0.1) is 11.6 Å². The highest BCUT2D eigenvalue weighted by molar-refractivity contribution is 6.20. The minimum atomic E-state index is 0.0322. The maximum atomic E-state index is 12.0. The van der Waals surface area contributed by atoms with Crippen LogP contribution in [0.3, 0.4) is 0 Å². The van der Waals surface area contributed by atoms with Gasteiger partial charge in [-0.1, -0.05) is 30.3 Å². The van der Waals surface area contributed by atoms with Crippen LogP contribution in [0.1, 0.15) is 23.2 Å². The van der Waals surface area contributed by atoms with E-state index in [1.807, 2.05) is 30.3 Å². The number of hydrogen-bond acceptors (Lipinski definition) is 2. The van der Waals surface area contributed by atoms with Gasteiger partial charge in [0.25, 0.3) is 0 Å². The molecular formula is C12H14ClNO. The SMILES string of the molecule is O=C(c1ccccc1)C1CCC(Cl)NC1. The van der Waals surface area contributed by atoms with Crippen molar-refractivity contribution in [2.75, 3.05) is 6.54 Å². The van der Waals surface area contributed by atoms with Gasteiger partial charge in [-0.05, 0) is 12.8 Å². The van der Waals surface area contributed by atoms with E-state index in [2.05, 4.69) is 5.32 Å². The Morgan fingerprint density at radius 3 is 2.60 bits per heavy atom. The molecule has 2 atom stereocenters. The van der Waals surface area contributed by atoms with Gasteiger partial charge in [-0.25, -0.2) is 0 Å². The molecule has 80 valence electrons. The molecule has 0 spiro atoms. The molecule has 1 aromatic rings. The molecule has 0 bridgehead atoms. The maximum Gasteiger partial charge on any atom is 0.167 e. The molecule has 1 aliphatic heterocycles. The zero-order chi connectivity index (χ0) is 10.7. The number of carbonyl (C=O) groups excluding carboxylic acids is 1. The summed E-state index contributed by atoms with van der Waals surface area (Å²) >= 11 is 5.91. The summed E-state index contributed by atoms with van der Waals surface area (Å²) in [5, 5.41) is 3.13. The van der Waals surface area contributed by atoms with Gasteiger partial charge in [0.1, 0.15) is 0 Å². The van der Waals surface area contributed by atoms with Crippen LogP contribution in [0, 0.1) is 5.92 Å². The summed E-state index contributed by atoms with van der Waals surface area (Å²) in [4.78, 5) is 12.0. The number of hydrogen-bond donors (Lipinski definition) is 1. The molecule has 1 aliphatic rings. The van der Waals surface area contributed by atoms with Crippen molar-refractivity contribution in [2.45, 2.75) is 18.3 Å². The number of ketones is 1. The van der Waals surface area contributed by atoms with E-state index < -0.39 is 0 Å². The Hall–Kier alpha value is -0.860. The van der Waals surface area contributed by atoms with Gasteiger partial charge in [0.2, 0.25) is 0 Å². The highest BCUT2D eigenvalue weighted by Gasteiger charge is 2.25. The molecule has 1 heterocycles. The van der Waals surface area contributed by atoms with Gasteiger partial charge in [-0.2, -0.15) is 0 Å². The third-order valence-electron chi connectivity index (χ3n) is 2.78. The van der Waals surface area contributed by atoms with Crippen LogP contribution in [-0.4, -0.2) is 17.8 Å². The number of Topliss-reactive ketones (excluding diaryl/α,β-unsaturated/α-hetero) is 1. The Bertz CT molecular complexity index is 331. The Kier molecular flexibility index (Phi) is 3.39. The predicted octanol–water partition coefficient (Wildman–Crippen LogP) is 2.43. The summed E-state index contributed by atoms with van der Waals surface area (Å²) in [5.74, 6) is 0.314. The molecule has 1 aromatic carbocycles. The van der Waals surface area contributed by atoms with Gasteiger partial charge >= 0.3 is 0 Å². The Morgan fingerprint density at radius 2 is 2.00 bits per heavy atom. The fourth-order valence-electron chi connectivity index (χ4n) is 1.88. The Morgan fingerprint density at radius 1 is 1.27 bits per heavy atom. The molecule has 1 fully saturated rings. The first kappa shape index (κ1) is 10.7. The van der Waals surface area contributed by atoms with Crippen molar-refractivity contribution in [3.8, 4) is 0 Å². The number of piperidine rings is 1. The lowest BCUT2D eigenvalue weighted by molar-refractivity contribution is 0.0896. The summed E-state index contributed by atoms with van der Waals surface area (Å²) in [5.41, 5.74) is 0.835. The highest BCUT2D eigenvalue weighted by atomic mass is 35.5. The molecule has 3 heteroatoms. The van der Waals surface area contributed by atoms with E-state index in [0.29, 0.717) is 6.54 Å². The first-order valence-corrected chi connectivity index (χ1v) is 5.68. The van der Waals surface area contributed by atoms with Crippen molar-refractivity contribution >= 4 is 17.4 Å². The van der Waals surface area contributed by atoms with Crippen molar-refractivity contribution in [3.05, 3.63) is 35.9 Å². The number of nitrogens with one attached hydrogen (secondary N) is 1. The quantitative estimate of drug-likeness (QED) is 0.474. The molecular weight excluding hydrogens is 210 g/mol. The van der Waals surface area contributed by atoms with Crippen LogP contribution >= 0.6 is 11.6 Å². The van der Waals surface area contributed by atoms with Crippen LogP contribution < -0.4 is 5.32 Å². The number of alkyl halides is 1. The van der Waals surface area contributed by atoms with E-state index in [-0.39, 0.29) is 17.2 Å². The molecule has 15 heavy (non-hydrogen) atoms. The standard InChI is InChI=1S/C12H14ClNO/c13-11-7-6-10(8-14-11)12(15)9-4-2-1-3-5-9/h1-5,10-11,14H,6-8H2. The Balaban J connectivity index is 2.03. The fraction of sp³-hybridized carbons (Fsp3) is 0.417. The first-order chi connectivity index (χ1) is 7.27. The minimum absolute atomic E-state index is 0.0322. The van der Waals surface area contributed by atoms with Crippen molar-refractivity contribution in [1.29, 1.82) is 0 Å². The maximum absolute atomic E-state index is 12.0. The highest BCUT2D eigenvalue weighted by Crippen LogP contribution is 2.20. The summed E-state index contributed by atoms with van der Waals surface area (Å²) in [6.45, 7) is 0.696. The van der Waals surface area contributed by atoms with Gasteiger partial charge < -0.3 is 5.32 Å². The normalized spacial score (nSPS) is 26.2. The van der Waals surface area contributed by atoms with Crippen LogP contribution in [0.2, 0.25) is 0 Å². The second kappa shape index (κ2) is 4.77. The second-order valence-corrected chi connectivity index (χ2v) is 4.41. The fourth-order valence-corrected chi connectivity index (χ4v) is 2.10.